The van der Waals surface area contributed by atoms with Gasteiger partial charge in [-0.25, -0.2) is 12.8 Å². The van der Waals surface area contributed by atoms with Crippen molar-refractivity contribution in [1.82, 2.24) is 4.31 Å². The fraction of sp³-hybridized carbons (Fsp3) is 0.286. The van der Waals surface area contributed by atoms with Crippen molar-refractivity contribution in [3.05, 3.63) is 58.7 Å². The second-order valence-corrected chi connectivity index (χ2v) is 10.4. The first-order valence-corrected chi connectivity index (χ1v) is 12.1. The molecule has 0 atom stereocenters. The number of benzene rings is 2. The monoisotopic (exact) mass is 502 g/mol. The third kappa shape index (κ3) is 4.68. The second kappa shape index (κ2) is 8.58. The maximum Gasteiger partial charge on any atom is 0.416 e. The average Bonchev–Trinajstić information content (AvgIpc) is 3.14. The van der Waals surface area contributed by atoms with Crippen LogP contribution in [0.4, 0.5) is 23.2 Å². The molecule has 0 saturated carbocycles. The van der Waals surface area contributed by atoms with Crippen molar-refractivity contribution in [1.29, 1.82) is 0 Å². The van der Waals surface area contributed by atoms with Gasteiger partial charge in [-0.2, -0.15) is 17.5 Å². The number of anilines is 1. The molecule has 4 rings (SSSR count). The highest BCUT2D eigenvalue weighted by Gasteiger charge is 2.33. The fourth-order valence-electron chi connectivity index (χ4n) is 3.78. The number of carboxylic acid groups (broad SMARTS) is 1. The van der Waals surface area contributed by atoms with Crippen LogP contribution in [0.15, 0.2) is 46.7 Å². The molecule has 1 saturated heterocycles. The molecule has 1 aliphatic heterocycles. The minimum absolute atomic E-state index is 0.0157. The summed E-state index contributed by atoms with van der Waals surface area (Å²) < 4.78 is 80.9. The number of alkyl halides is 3. The van der Waals surface area contributed by atoms with Crippen LogP contribution in [-0.4, -0.2) is 50.0 Å². The van der Waals surface area contributed by atoms with Crippen molar-refractivity contribution in [2.45, 2.75) is 17.5 Å². The molecular formula is C21H18F4N2O4S2. The lowest BCUT2D eigenvalue weighted by atomic mass is 10.1. The Kier molecular flexibility index (Phi) is 6.10. The largest absolute Gasteiger partial charge is 0.481 e. The molecule has 2 heterocycles. The highest BCUT2D eigenvalue weighted by Crippen LogP contribution is 2.33. The Morgan fingerprint density at radius 1 is 1.06 bits per heavy atom. The Balaban J connectivity index is 1.52. The molecule has 176 valence electrons. The fourth-order valence-corrected chi connectivity index (χ4v) is 6.17. The number of hydrogen-bond acceptors (Lipinski definition) is 5. The summed E-state index contributed by atoms with van der Waals surface area (Å²) >= 11 is 1.33. The van der Waals surface area contributed by atoms with Crippen molar-refractivity contribution in [2.24, 2.45) is 0 Å². The summed E-state index contributed by atoms with van der Waals surface area (Å²) in [6, 6.07) is 6.83. The number of carbonyl (C=O) groups is 1. The number of sulfonamides is 1. The summed E-state index contributed by atoms with van der Waals surface area (Å²) in [6.45, 7) is 0.248. The van der Waals surface area contributed by atoms with E-state index in [1.807, 2.05) is 0 Å². The number of carboxylic acids is 1. The van der Waals surface area contributed by atoms with Gasteiger partial charge in [-0.3, -0.25) is 4.79 Å². The van der Waals surface area contributed by atoms with Crippen molar-refractivity contribution in [2.75, 3.05) is 31.1 Å². The van der Waals surface area contributed by atoms with Crippen LogP contribution in [0.2, 0.25) is 0 Å². The van der Waals surface area contributed by atoms with Gasteiger partial charge in [0.15, 0.2) is 0 Å². The quantitative estimate of drug-likeness (QED) is 0.530. The second-order valence-electron chi connectivity index (χ2n) is 7.54. The van der Waals surface area contributed by atoms with Crippen molar-refractivity contribution >= 4 is 43.1 Å². The zero-order valence-electron chi connectivity index (χ0n) is 17.0. The van der Waals surface area contributed by atoms with Gasteiger partial charge in [0, 0.05) is 30.9 Å². The van der Waals surface area contributed by atoms with Crippen LogP contribution in [0.1, 0.15) is 11.1 Å². The summed E-state index contributed by atoms with van der Waals surface area (Å²) in [7, 11) is -3.90. The maximum atomic E-state index is 14.3. The molecule has 1 fully saturated rings. The first kappa shape index (κ1) is 23.5. The normalized spacial score (nSPS) is 15.8. The molecule has 33 heavy (non-hydrogen) atoms. The minimum Gasteiger partial charge on any atom is -0.481 e. The summed E-state index contributed by atoms with van der Waals surface area (Å²) in [6.07, 6.45) is -4.87. The smallest absolute Gasteiger partial charge is 0.416 e. The van der Waals surface area contributed by atoms with E-state index in [0.29, 0.717) is 17.0 Å². The van der Waals surface area contributed by atoms with Crippen LogP contribution >= 0.6 is 11.3 Å². The Labute approximate surface area is 190 Å². The summed E-state index contributed by atoms with van der Waals surface area (Å²) in [5, 5.41) is 11.3. The Hall–Kier alpha value is -2.70. The summed E-state index contributed by atoms with van der Waals surface area (Å²) in [5.74, 6) is -2.04. The van der Waals surface area contributed by atoms with E-state index in [1.54, 1.807) is 11.4 Å². The molecule has 6 nitrogen and oxygen atoms in total. The van der Waals surface area contributed by atoms with E-state index in [1.165, 1.54) is 32.7 Å². The summed E-state index contributed by atoms with van der Waals surface area (Å²) in [5.41, 5.74) is -0.573. The van der Waals surface area contributed by atoms with E-state index in [4.69, 9.17) is 5.11 Å². The lowest BCUT2D eigenvalue weighted by Gasteiger charge is -2.35. The number of thiophene rings is 1. The predicted octanol–water partition coefficient (Wildman–Crippen LogP) is 4.20. The van der Waals surface area contributed by atoms with Crippen LogP contribution in [-0.2, 0) is 27.4 Å². The van der Waals surface area contributed by atoms with Gasteiger partial charge in [-0.1, -0.05) is 0 Å². The van der Waals surface area contributed by atoms with Crippen LogP contribution in [0.5, 0.6) is 0 Å². The van der Waals surface area contributed by atoms with Gasteiger partial charge in [-0.15, -0.1) is 11.3 Å². The number of rotatable bonds is 5. The predicted molar refractivity (Wildman–Crippen MR) is 116 cm³/mol. The molecule has 0 amide bonds. The molecule has 0 unspecified atom stereocenters. The number of hydrogen-bond donors (Lipinski definition) is 1. The molecule has 3 aromatic rings. The number of piperazine rings is 1. The van der Waals surface area contributed by atoms with Gasteiger partial charge in [0.05, 0.1) is 22.6 Å². The molecular weight excluding hydrogens is 484 g/mol. The Bertz CT molecular complexity index is 1310. The van der Waals surface area contributed by atoms with E-state index in [9.17, 15) is 30.8 Å². The molecule has 0 aliphatic carbocycles. The number of halogens is 4. The first-order chi connectivity index (χ1) is 15.5. The average molecular weight is 503 g/mol. The van der Waals surface area contributed by atoms with E-state index in [0.717, 1.165) is 16.8 Å². The third-order valence-electron chi connectivity index (χ3n) is 5.46. The lowest BCUT2D eigenvalue weighted by molar-refractivity contribution is -0.138. The first-order valence-electron chi connectivity index (χ1n) is 9.80. The van der Waals surface area contributed by atoms with Gasteiger partial charge in [0.25, 0.3) is 0 Å². The van der Waals surface area contributed by atoms with Crippen molar-refractivity contribution < 1.29 is 35.9 Å². The van der Waals surface area contributed by atoms with Crippen LogP contribution < -0.4 is 4.90 Å². The zero-order valence-corrected chi connectivity index (χ0v) is 18.6. The van der Waals surface area contributed by atoms with Crippen LogP contribution in [0, 0.1) is 5.82 Å². The van der Waals surface area contributed by atoms with Gasteiger partial charge in [0.2, 0.25) is 10.0 Å². The van der Waals surface area contributed by atoms with Crippen LogP contribution in [0.3, 0.4) is 0 Å². The molecule has 1 N–H and O–H groups in total. The lowest BCUT2D eigenvalue weighted by Crippen LogP contribution is -2.48. The highest BCUT2D eigenvalue weighted by atomic mass is 32.2. The third-order valence-corrected chi connectivity index (χ3v) is 8.37. The zero-order chi connectivity index (χ0) is 24.0. The van der Waals surface area contributed by atoms with E-state index < -0.39 is 33.5 Å². The van der Waals surface area contributed by atoms with E-state index in [2.05, 4.69) is 0 Å². The van der Waals surface area contributed by atoms with E-state index >= 15 is 0 Å². The highest BCUT2D eigenvalue weighted by molar-refractivity contribution is 7.89. The van der Waals surface area contributed by atoms with E-state index in [-0.39, 0.29) is 43.2 Å². The Morgan fingerprint density at radius 3 is 2.36 bits per heavy atom. The van der Waals surface area contributed by atoms with Gasteiger partial charge < -0.3 is 10.0 Å². The van der Waals surface area contributed by atoms with Crippen molar-refractivity contribution in [3.63, 3.8) is 0 Å². The molecule has 12 heteroatoms. The molecule has 0 radical (unpaired) electrons. The number of aliphatic carboxylic acids is 1. The number of fused-ring (bicyclic) bond motifs is 1. The Morgan fingerprint density at radius 2 is 1.76 bits per heavy atom. The van der Waals surface area contributed by atoms with Gasteiger partial charge >= 0.3 is 12.1 Å². The van der Waals surface area contributed by atoms with Crippen LogP contribution in [0.25, 0.3) is 10.1 Å². The minimum atomic E-state index is -4.65. The van der Waals surface area contributed by atoms with Gasteiger partial charge in [0.1, 0.15) is 5.82 Å². The summed E-state index contributed by atoms with van der Waals surface area (Å²) in [4.78, 5) is 12.6. The molecule has 0 spiro atoms. The molecule has 2 aromatic carbocycles. The maximum absolute atomic E-state index is 14.3. The SMILES string of the molecule is O=C(O)Cc1csc2ccc(S(=O)(=O)N3CCN(c4ccc(C(F)(F)F)cc4F)CC3)cc12. The standard InChI is InChI=1S/C21H18F4N2O4S2/c22-17-10-14(21(23,24)25)1-3-18(17)26-5-7-27(8-6-26)33(30,31)15-2-4-19-16(11-15)13(12-32-19)9-20(28)29/h1-4,10-12H,5-9H2,(H,28,29). The number of nitrogens with zero attached hydrogens (tertiary/aromatic N) is 2. The van der Waals surface area contributed by atoms with Crippen molar-refractivity contribution in [3.8, 4) is 0 Å². The molecule has 0 bridgehead atoms. The van der Waals surface area contributed by atoms with Gasteiger partial charge in [-0.05, 0) is 52.7 Å². The molecule has 1 aromatic heterocycles. The molecule has 1 aliphatic rings. The topological polar surface area (TPSA) is 77.9 Å².